The van der Waals surface area contributed by atoms with E-state index in [0.29, 0.717) is 16.0 Å². The summed E-state index contributed by atoms with van der Waals surface area (Å²) in [7, 11) is 1.86. The number of nitrogens with one attached hydrogen (secondary N) is 1. The molecule has 0 fully saturated rings. The van der Waals surface area contributed by atoms with E-state index >= 15 is 0 Å². The number of halogens is 2. The number of fused-ring (bicyclic) bond motifs is 1. The molecule has 0 aliphatic carbocycles. The minimum atomic E-state index is -0.345. The molecule has 1 atom stereocenters. The van der Waals surface area contributed by atoms with Crippen LogP contribution in [0, 0.1) is 5.82 Å². The maximum Gasteiger partial charge on any atom is 0.153 e. The van der Waals surface area contributed by atoms with Crippen molar-refractivity contribution in [3.63, 3.8) is 0 Å². The molecule has 2 nitrogen and oxygen atoms in total. The van der Waals surface area contributed by atoms with E-state index in [1.54, 1.807) is 0 Å². The molecule has 0 bridgehead atoms. The third kappa shape index (κ3) is 1.93. The van der Waals surface area contributed by atoms with E-state index in [9.17, 15) is 4.39 Å². The van der Waals surface area contributed by atoms with Gasteiger partial charge in [0.15, 0.2) is 5.58 Å². The average molecular weight is 242 g/mol. The first kappa shape index (κ1) is 11.4. The third-order valence-electron chi connectivity index (χ3n) is 2.65. The fourth-order valence-corrected chi connectivity index (χ4v) is 2.07. The summed E-state index contributed by atoms with van der Waals surface area (Å²) >= 11 is 5.91. The highest BCUT2D eigenvalue weighted by molar-refractivity contribution is 6.34. The first-order valence-corrected chi connectivity index (χ1v) is 5.59. The Kier molecular flexibility index (Phi) is 3.17. The van der Waals surface area contributed by atoms with E-state index in [1.165, 1.54) is 12.1 Å². The van der Waals surface area contributed by atoms with E-state index in [-0.39, 0.29) is 11.9 Å². The lowest BCUT2D eigenvalue weighted by atomic mass is 10.1. The number of benzene rings is 1. The first-order chi connectivity index (χ1) is 7.65. The normalized spacial score (nSPS) is 13.2. The molecule has 1 aromatic carbocycles. The van der Waals surface area contributed by atoms with E-state index in [0.717, 1.165) is 12.2 Å². The van der Waals surface area contributed by atoms with Crippen LogP contribution in [0.3, 0.4) is 0 Å². The van der Waals surface area contributed by atoms with Crippen LogP contribution in [0.15, 0.2) is 22.6 Å². The van der Waals surface area contributed by atoms with Gasteiger partial charge >= 0.3 is 0 Å². The highest BCUT2D eigenvalue weighted by atomic mass is 35.5. The second kappa shape index (κ2) is 4.44. The molecule has 4 heteroatoms. The Morgan fingerprint density at radius 3 is 2.81 bits per heavy atom. The van der Waals surface area contributed by atoms with Gasteiger partial charge in [0.05, 0.1) is 11.1 Å². The molecule has 2 rings (SSSR count). The van der Waals surface area contributed by atoms with Crippen LogP contribution in [0.2, 0.25) is 5.02 Å². The lowest BCUT2D eigenvalue weighted by molar-refractivity contribution is 0.444. The number of rotatable bonds is 3. The molecule has 0 radical (unpaired) electrons. The second-order valence-corrected chi connectivity index (χ2v) is 4.11. The van der Waals surface area contributed by atoms with Gasteiger partial charge in [-0.05, 0) is 31.7 Å². The Hall–Kier alpha value is -1.06. The third-order valence-corrected chi connectivity index (χ3v) is 2.94. The van der Waals surface area contributed by atoms with E-state index in [2.05, 4.69) is 12.2 Å². The predicted octanol–water partition coefficient (Wildman–Crippen LogP) is 3.90. The van der Waals surface area contributed by atoms with Crippen LogP contribution in [-0.2, 0) is 0 Å². The van der Waals surface area contributed by atoms with Crippen molar-refractivity contribution in [3.05, 3.63) is 34.8 Å². The van der Waals surface area contributed by atoms with Crippen molar-refractivity contribution in [2.75, 3.05) is 7.05 Å². The number of furan rings is 1. The summed E-state index contributed by atoms with van der Waals surface area (Å²) in [6, 6.07) is 4.65. The largest absolute Gasteiger partial charge is 0.458 e. The molecular weight excluding hydrogens is 229 g/mol. The van der Waals surface area contributed by atoms with Gasteiger partial charge in [-0.3, -0.25) is 0 Å². The van der Waals surface area contributed by atoms with Gasteiger partial charge in [0.2, 0.25) is 0 Å². The standard InChI is InChI=1S/C12H13ClFNO/c1-3-10(15-2)11-5-7-4-8(14)6-9(13)12(7)16-11/h4-6,10,15H,3H2,1-2H3. The summed E-state index contributed by atoms with van der Waals surface area (Å²) in [6.07, 6.45) is 0.899. The van der Waals surface area contributed by atoms with Crippen LogP contribution in [0.1, 0.15) is 25.1 Å². The van der Waals surface area contributed by atoms with E-state index < -0.39 is 0 Å². The molecule has 0 saturated heterocycles. The molecule has 1 aromatic heterocycles. The van der Waals surface area contributed by atoms with Crippen molar-refractivity contribution in [1.82, 2.24) is 5.32 Å². The molecule has 0 spiro atoms. The van der Waals surface area contributed by atoms with Crippen LogP contribution < -0.4 is 5.32 Å². The van der Waals surface area contributed by atoms with Gasteiger partial charge in [0.1, 0.15) is 11.6 Å². The zero-order valence-electron chi connectivity index (χ0n) is 9.18. The molecule has 0 aliphatic heterocycles. The van der Waals surface area contributed by atoms with Gasteiger partial charge in [-0.15, -0.1) is 0 Å². The van der Waals surface area contributed by atoms with Gasteiger partial charge in [0.25, 0.3) is 0 Å². The average Bonchev–Trinajstić information content (AvgIpc) is 2.63. The zero-order chi connectivity index (χ0) is 11.7. The number of hydrogen-bond donors (Lipinski definition) is 1. The zero-order valence-corrected chi connectivity index (χ0v) is 9.94. The van der Waals surface area contributed by atoms with E-state index in [4.69, 9.17) is 16.0 Å². The Morgan fingerprint density at radius 1 is 1.44 bits per heavy atom. The predicted molar refractivity (Wildman–Crippen MR) is 63.3 cm³/mol. The van der Waals surface area contributed by atoms with Crippen molar-refractivity contribution in [1.29, 1.82) is 0 Å². The summed E-state index contributed by atoms with van der Waals surface area (Å²) in [6.45, 7) is 2.05. The van der Waals surface area contributed by atoms with Crippen LogP contribution >= 0.6 is 11.6 Å². The molecule has 0 amide bonds. The molecule has 16 heavy (non-hydrogen) atoms. The van der Waals surface area contributed by atoms with Crippen molar-refractivity contribution < 1.29 is 8.81 Å². The summed E-state index contributed by atoms with van der Waals surface area (Å²) in [5, 5.41) is 4.15. The maximum atomic E-state index is 13.1. The van der Waals surface area contributed by atoms with Gasteiger partial charge in [-0.1, -0.05) is 18.5 Å². The minimum Gasteiger partial charge on any atom is -0.458 e. The van der Waals surface area contributed by atoms with Crippen LogP contribution in [0.5, 0.6) is 0 Å². The highest BCUT2D eigenvalue weighted by Crippen LogP contribution is 2.31. The van der Waals surface area contributed by atoms with Gasteiger partial charge in [-0.2, -0.15) is 0 Å². The topological polar surface area (TPSA) is 25.2 Å². The Bertz CT molecular complexity index is 505. The molecule has 1 unspecified atom stereocenters. The van der Waals surface area contributed by atoms with Gasteiger partial charge in [-0.25, -0.2) is 4.39 Å². The fourth-order valence-electron chi connectivity index (χ4n) is 1.82. The summed E-state index contributed by atoms with van der Waals surface area (Å²) in [4.78, 5) is 0. The number of hydrogen-bond acceptors (Lipinski definition) is 2. The van der Waals surface area contributed by atoms with Crippen LogP contribution in [-0.4, -0.2) is 7.05 Å². The van der Waals surface area contributed by atoms with Crippen LogP contribution in [0.25, 0.3) is 11.0 Å². The first-order valence-electron chi connectivity index (χ1n) is 5.21. The van der Waals surface area contributed by atoms with Crippen molar-refractivity contribution >= 4 is 22.6 Å². The quantitative estimate of drug-likeness (QED) is 0.882. The van der Waals surface area contributed by atoms with Crippen molar-refractivity contribution in [3.8, 4) is 0 Å². The van der Waals surface area contributed by atoms with Crippen molar-refractivity contribution in [2.45, 2.75) is 19.4 Å². The Morgan fingerprint density at radius 2 is 2.19 bits per heavy atom. The molecule has 2 aromatic rings. The summed E-state index contributed by atoms with van der Waals surface area (Å²) in [5.74, 6) is 0.440. The van der Waals surface area contributed by atoms with Gasteiger partial charge < -0.3 is 9.73 Å². The molecule has 1 N–H and O–H groups in total. The van der Waals surface area contributed by atoms with E-state index in [1.807, 2.05) is 13.1 Å². The molecule has 1 heterocycles. The Balaban J connectivity index is 2.55. The molecule has 0 saturated carbocycles. The van der Waals surface area contributed by atoms with Gasteiger partial charge in [0, 0.05) is 5.39 Å². The molecule has 86 valence electrons. The smallest absolute Gasteiger partial charge is 0.153 e. The summed E-state index contributed by atoms with van der Waals surface area (Å²) in [5.41, 5.74) is 0.548. The minimum absolute atomic E-state index is 0.131. The Labute approximate surface area is 98.4 Å². The van der Waals surface area contributed by atoms with Crippen molar-refractivity contribution in [2.24, 2.45) is 0 Å². The monoisotopic (exact) mass is 241 g/mol. The maximum absolute atomic E-state index is 13.1. The lowest BCUT2D eigenvalue weighted by Gasteiger charge is -2.09. The SMILES string of the molecule is CCC(NC)c1cc2cc(F)cc(Cl)c2o1. The fraction of sp³-hybridized carbons (Fsp3) is 0.333. The highest BCUT2D eigenvalue weighted by Gasteiger charge is 2.14. The molecular formula is C12H13ClFNO. The molecule has 0 aliphatic rings. The summed E-state index contributed by atoms with van der Waals surface area (Å²) < 4.78 is 18.8. The lowest BCUT2D eigenvalue weighted by Crippen LogP contribution is -2.14. The van der Waals surface area contributed by atoms with Crippen LogP contribution in [0.4, 0.5) is 4.39 Å². The second-order valence-electron chi connectivity index (χ2n) is 3.70.